The van der Waals surface area contributed by atoms with Crippen LogP contribution >= 0.6 is 0 Å². The summed E-state index contributed by atoms with van der Waals surface area (Å²) in [5.41, 5.74) is 4.19. The summed E-state index contributed by atoms with van der Waals surface area (Å²) in [6.45, 7) is 1.14. The molecule has 2 heterocycles. The predicted molar refractivity (Wildman–Crippen MR) is 85.2 cm³/mol. The minimum Gasteiger partial charge on any atom is -0.486 e. The molecule has 0 amide bonds. The number of H-pyrrole nitrogens is 1. The molecule has 0 saturated carbocycles. The van der Waals surface area contributed by atoms with E-state index in [1.807, 2.05) is 42.5 Å². The summed E-state index contributed by atoms with van der Waals surface area (Å²) < 4.78 is 11.1. The van der Waals surface area contributed by atoms with Gasteiger partial charge in [0.2, 0.25) is 0 Å². The van der Waals surface area contributed by atoms with Crippen LogP contribution in [0.25, 0.3) is 22.5 Å². The van der Waals surface area contributed by atoms with E-state index in [0.29, 0.717) is 18.8 Å². The summed E-state index contributed by atoms with van der Waals surface area (Å²) >= 11 is 0. The van der Waals surface area contributed by atoms with Gasteiger partial charge in [-0.3, -0.25) is 5.10 Å². The van der Waals surface area contributed by atoms with Crippen molar-refractivity contribution in [2.45, 2.75) is 0 Å². The van der Waals surface area contributed by atoms with Crippen LogP contribution in [0.4, 0.5) is 0 Å². The van der Waals surface area contributed by atoms with Crippen molar-refractivity contribution >= 4 is 0 Å². The first-order valence-corrected chi connectivity index (χ1v) is 7.29. The van der Waals surface area contributed by atoms with Crippen LogP contribution in [-0.2, 0) is 0 Å². The zero-order chi connectivity index (χ0) is 15.6. The van der Waals surface area contributed by atoms with Gasteiger partial charge in [-0.05, 0) is 36.4 Å². The van der Waals surface area contributed by atoms with Gasteiger partial charge in [-0.15, -0.1) is 0 Å². The first-order chi connectivity index (χ1) is 11.3. The first kappa shape index (κ1) is 13.4. The summed E-state index contributed by atoms with van der Waals surface area (Å²) in [5, 5.41) is 16.4. The van der Waals surface area contributed by atoms with E-state index < -0.39 is 0 Å². The fourth-order valence-corrected chi connectivity index (χ4v) is 2.58. The molecule has 4 rings (SSSR count). The number of rotatable bonds is 2. The molecule has 5 nitrogen and oxygen atoms in total. The van der Waals surface area contributed by atoms with Gasteiger partial charge in [-0.1, -0.05) is 12.1 Å². The predicted octanol–water partition coefficient (Wildman–Crippen LogP) is 3.39. The Morgan fingerprint density at radius 3 is 2.70 bits per heavy atom. The van der Waals surface area contributed by atoms with Gasteiger partial charge in [0.05, 0.1) is 23.0 Å². The van der Waals surface area contributed by atoms with Crippen LogP contribution in [0.5, 0.6) is 11.5 Å². The van der Waals surface area contributed by atoms with Crippen LogP contribution in [0.15, 0.2) is 48.5 Å². The standard InChI is InChI=1S/C18H13N3O2/c19-11-12-2-1-3-13(8-12)15-10-16(21-20-15)14-4-5-17-18(9-14)23-7-6-22-17/h1-5,8-10H,6-7H2,(H,20,21). The Hall–Kier alpha value is -3.26. The molecule has 5 heteroatoms. The van der Waals surface area contributed by atoms with Crippen molar-refractivity contribution in [2.24, 2.45) is 0 Å². The maximum Gasteiger partial charge on any atom is 0.162 e. The van der Waals surface area contributed by atoms with E-state index in [4.69, 9.17) is 14.7 Å². The van der Waals surface area contributed by atoms with Gasteiger partial charge in [-0.25, -0.2) is 0 Å². The third-order valence-corrected chi connectivity index (χ3v) is 3.72. The van der Waals surface area contributed by atoms with Crippen LogP contribution in [0, 0.1) is 11.3 Å². The molecule has 0 saturated heterocycles. The summed E-state index contributed by atoms with van der Waals surface area (Å²) in [6.07, 6.45) is 0. The highest BCUT2D eigenvalue weighted by Gasteiger charge is 2.14. The van der Waals surface area contributed by atoms with Gasteiger partial charge in [0.25, 0.3) is 0 Å². The van der Waals surface area contributed by atoms with E-state index >= 15 is 0 Å². The lowest BCUT2D eigenvalue weighted by Crippen LogP contribution is -2.15. The largest absolute Gasteiger partial charge is 0.486 e. The zero-order valence-electron chi connectivity index (χ0n) is 12.2. The number of fused-ring (bicyclic) bond motifs is 1. The van der Waals surface area contributed by atoms with Gasteiger partial charge < -0.3 is 9.47 Å². The molecule has 1 N–H and O–H groups in total. The molecule has 1 aliphatic heterocycles. The molecule has 0 bridgehead atoms. The lowest BCUT2D eigenvalue weighted by atomic mass is 10.1. The summed E-state index contributed by atoms with van der Waals surface area (Å²) in [7, 11) is 0. The Morgan fingerprint density at radius 1 is 0.957 bits per heavy atom. The smallest absolute Gasteiger partial charge is 0.162 e. The highest BCUT2D eigenvalue weighted by atomic mass is 16.6. The van der Waals surface area contributed by atoms with Crippen molar-refractivity contribution in [1.29, 1.82) is 5.26 Å². The minimum atomic E-state index is 0.561. The topological polar surface area (TPSA) is 70.9 Å². The number of hydrogen-bond donors (Lipinski definition) is 1. The second-order valence-electron chi connectivity index (χ2n) is 5.22. The molecular weight excluding hydrogens is 290 g/mol. The van der Waals surface area contributed by atoms with Gasteiger partial charge in [-0.2, -0.15) is 10.4 Å². The number of aromatic nitrogens is 2. The van der Waals surface area contributed by atoms with Crippen LogP contribution < -0.4 is 9.47 Å². The lowest BCUT2D eigenvalue weighted by Gasteiger charge is -2.18. The Labute approximate surface area is 133 Å². The third-order valence-electron chi connectivity index (χ3n) is 3.72. The fourth-order valence-electron chi connectivity index (χ4n) is 2.58. The highest BCUT2D eigenvalue weighted by Crippen LogP contribution is 2.34. The second-order valence-corrected chi connectivity index (χ2v) is 5.22. The number of ether oxygens (including phenoxy) is 2. The highest BCUT2D eigenvalue weighted by molar-refractivity contribution is 5.70. The summed E-state index contributed by atoms with van der Waals surface area (Å²) in [6, 6.07) is 17.3. The average Bonchev–Trinajstić information content (AvgIpc) is 3.11. The van der Waals surface area contributed by atoms with Crippen molar-refractivity contribution in [3.63, 3.8) is 0 Å². The molecular formula is C18H13N3O2. The number of nitrogens with zero attached hydrogens (tertiary/aromatic N) is 2. The molecule has 112 valence electrons. The van der Waals surface area contributed by atoms with E-state index in [0.717, 1.165) is 34.0 Å². The molecule has 2 aromatic carbocycles. The zero-order valence-corrected chi connectivity index (χ0v) is 12.2. The van der Waals surface area contributed by atoms with Crippen molar-refractivity contribution in [3.05, 3.63) is 54.1 Å². The summed E-state index contributed by atoms with van der Waals surface area (Å²) in [5.74, 6) is 1.51. The number of aromatic amines is 1. The van der Waals surface area contributed by atoms with E-state index in [2.05, 4.69) is 16.3 Å². The molecule has 0 radical (unpaired) electrons. The number of benzene rings is 2. The Bertz CT molecular complexity index is 909. The molecule has 3 aromatic rings. The van der Waals surface area contributed by atoms with Crippen molar-refractivity contribution in [1.82, 2.24) is 10.2 Å². The van der Waals surface area contributed by atoms with Crippen LogP contribution in [0.3, 0.4) is 0 Å². The van der Waals surface area contributed by atoms with Crippen molar-refractivity contribution in [3.8, 4) is 40.1 Å². The Kier molecular flexibility index (Phi) is 3.21. The lowest BCUT2D eigenvalue weighted by molar-refractivity contribution is 0.171. The fraction of sp³-hybridized carbons (Fsp3) is 0.111. The normalized spacial score (nSPS) is 12.7. The first-order valence-electron chi connectivity index (χ1n) is 7.29. The molecule has 23 heavy (non-hydrogen) atoms. The molecule has 0 aliphatic carbocycles. The van der Waals surface area contributed by atoms with Gasteiger partial charge in [0.1, 0.15) is 13.2 Å². The van der Waals surface area contributed by atoms with Crippen LogP contribution in [0.2, 0.25) is 0 Å². The molecule has 0 unspecified atom stereocenters. The number of hydrogen-bond acceptors (Lipinski definition) is 4. The number of nitrogens with one attached hydrogen (secondary N) is 1. The Morgan fingerprint density at radius 2 is 1.83 bits per heavy atom. The summed E-state index contributed by atoms with van der Waals surface area (Å²) in [4.78, 5) is 0. The van der Waals surface area contributed by atoms with E-state index in [9.17, 15) is 0 Å². The molecule has 1 aliphatic rings. The maximum atomic E-state index is 9.00. The van der Waals surface area contributed by atoms with Crippen molar-refractivity contribution < 1.29 is 9.47 Å². The second kappa shape index (κ2) is 5.50. The van der Waals surface area contributed by atoms with E-state index in [1.54, 1.807) is 6.07 Å². The number of nitriles is 1. The van der Waals surface area contributed by atoms with E-state index in [-0.39, 0.29) is 0 Å². The van der Waals surface area contributed by atoms with Crippen LogP contribution in [0.1, 0.15) is 5.56 Å². The maximum absolute atomic E-state index is 9.00. The van der Waals surface area contributed by atoms with Gasteiger partial charge in [0.15, 0.2) is 11.5 Å². The van der Waals surface area contributed by atoms with Gasteiger partial charge in [0, 0.05) is 11.1 Å². The molecule has 0 fully saturated rings. The minimum absolute atomic E-state index is 0.561. The third kappa shape index (κ3) is 2.51. The quantitative estimate of drug-likeness (QED) is 0.787. The Balaban J connectivity index is 1.69. The van der Waals surface area contributed by atoms with Gasteiger partial charge >= 0.3 is 0 Å². The SMILES string of the molecule is N#Cc1cccc(-c2cc(-c3ccc4c(c3)OCCO4)[nH]n2)c1. The monoisotopic (exact) mass is 303 g/mol. The van der Waals surface area contributed by atoms with Crippen molar-refractivity contribution in [2.75, 3.05) is 13.2 Å². The molecule has 0 spiro atoms. The molecule has 1 aromatic heterocycles. The molecule has 0 atom stereocenters. The van der Waals surface area contributed by atoms with E-state index in [1.165, 1.54) is 0 Å². The average molecular weight is 303 g/mol. The van der Waals surface area contributed by atoms with Crippen LogP contribution in [-0.4, -0.2) is 23.4 Å².